The van der Waals surface area contributed by atoms with Gasteiger partial charge in [-0.2, -0.15) is 5.10 Å². The molecule has 2 aromatic heterocycles. The second-order valence-corrected chi connectivity index (χ2v) is 6.84. The Morgan fingerprint density at radius 1 is 1.04 bits per heavy atom. The van der Waals surface area contributed by atoms with E-state index in [-0.39, 0.29) is 18.4 Å². The van der Waals surface area contributed by atoms with Crippen molar-refractivity contribution >= 4 is 12.4 Å². The molecule has 0 aliphatic heterocycles. The molecule has 4 nitrogen and oxygen atoms in total. The summed E-state index contributed by atoms with van der Waals surface area (Å²) < 4.78 is 1.86. The Balaban J connectivity index is 0.00000243. The molecule has 3 rings (SSSR count). The summed E-state index contributed by atoms with van der Waals surface area (Å²) in [5.41, 5.74) is 5.90. The number of aryl methyl sites for hydroxylation is 1. The van der Waals surface area contributed by atoms with Gasteiger partial charge in [0.15, 0.2) is 0 Å². The quantitative estimate of drug-likeness (QED) is 0.672. The van der Waals surface area contributed by atoms with Gasteiger partial charge in [-0.1, -0.05) is 38.1 Å². The second-order valence-electron chi connectivity index (χ2n) is 6.84. The van der Waals surface area contributed by atoms with Crippen LogP contribution < -0.4 is 5.32 Å². The molecule has 1 N–H and O–H groups in total. The summed E-state index contributed by atoms with van der Waals surface area (Å²) in [5.74, 6) is 0.565. The van der Waals surface area contributed by atoms with E-state index in [1.165, 1.54) is 16.7 Å². The van der Waals surface area contributed by atoms with E-state index in [1.807, 2.05) is 30.1 Å². The maximum atomic E-state index is 4.60. The van der Waals surface area contributed by atoms with E-state index in [2.05, 4.69) is 66.6 Å². The SMILES string of the molecule is CC(C)c1ccc(C(C)NCc2cn(C)nc2-c2cccnc2)cc1.Cl. The lowest BCUT2D eigenvalue weighted by atomic mass is 9.99. The number of nitrogens with zero attached hydrogens (tertiary/aromatic N) is 3. The first-order valence-electron chi connectivity index (χ1n) is 8.80. The zero-order valence-electron chi connectivity index (χ0n) is 15.8. The zero-order chi connectivity index (χ0) is 17.8. The molecular weight excluding hydrogens is 344 g/mol. The van der Waals surface area contributed by atoms with Crippen molar-refractivity contribution in [2.75, 3.05) is 0 Å². The minimum absolute atomic E-state index is 0. The number of hydrogen-bond acceptors (Lipinski definition) is 3. The standard InChI is InChI=1S/C21H26N4.ClH/c1-15(2)17-7-9-18(10-8-17)16(3)23-13-20-14-25(4)24-21(20)19-6-5-11-22-12-19;/h5-12,14-16,23H,13H2,1-4H3;1H. The highest BCUT2D eigenvalue weighted by Crippen LogP contribution is 2.22. The topological polar surface area (TPSA) is 42.7 Å². The highest BCUT2D eigenvalue weighted by atomic mass is 35.5. The summed E-state index contributed by atoms with van der Waals surface area (Å²) in [7, 11) is 1.96. The number of benzene rings is 1. The van der Waals surface area contributed by atoms with E-state index in [4.69, 9.17) is 0 Å². The number of nitrogens with one attached hydrogen (secondary N) is 1. The predicted octanol–water partition coefficient (Wildman–Crippen LogP) is 4.88. The van der Waals surface area contributed by atoms with Crippen molar-refractivity contribution in [1.82, 2.24) is 20.1 Å². The van der Waals surface area contributed by atoms with E-state index in [0.29, 0.717) is 5.92 Å². The highest BCUT2D eigenvalue weighted by Gasteiger charge is 2.12. The van der Waals surface area contributed by atoms with Gasteiger partial charge in [-0.05, 0) is 36.1 Å². The van der Waals surface area contributed by atoms with E-state index >= 15 is 0 Å². The van der Waals surface area contributed by atoms with Crippen LogP contribution in [0.2, 0.25) is 0 Å². The lowest BCUT2D eigenvalue weighted by Gasteiger charge is -2.15. The molecule has 1 atom stereocenters. The van der Waals surface area contributed by atoms with Gasteiger partial charge in [0.05, 0.1) is 5.69 Å². The van der Waals surface area contributed by atoms with Crippen LogP contribution in [0.3, 0.4) is 0 Å². The Morgan fingerprint density at radius 3 is 2.35 bits per heavy atom. The van der Waals surface area contributed by atoms with Crippen molar-refractivity contribution in [2.24, 2.45) is 7.05 Å². The Labute approximate surface area is 162 Å². The first-order valence-corrected chi connectivity index (χ1v) is 8.80. The molecule has 3 aromatic rings. The molecule has 26 heavy (non-hydrogen) atoms. The number of hydrogen-bond donors (Lipinski definition) is 1. The van der Waals surface area contributed by atoms with Gasteiger partial charge in [0.25, 0.3) is 0 Å². The fraction of sp³-hybridized carbons (Fsp3) is 0.333. The zero-order valence-corrected chi connectivity index (χ0v) is 16.6. The average Bonchev–Trinajstić information content (AvgIpc) is 3.01. The van der Waals surface area contributed by atoms with Crippen LogP contribution >= 0.6 is 12.4 Å². The first kappa shape index (κ1) is 20.1. The van der Waals surface area contributed by atoms with Crippen molar-refractivity contribution in [2.45, 2.75) is 39.3 Å². The molecule has 138 valence electrons. The molecule has 0 spiro atoms. The molecule has 0 saturated carbocycles. The van der Waals surface area contributed by atoms with Crippen LogP contribution in [0.25, 0.3) is 11.3 Å². The van der Waals surface area contributed by atoms with Gasteiger partial charge < -0.3 is 5.32 Å². The highest BCUT2D eigenvalue weighted by molar-refractivity contribution is 5.85. The number of rotatable bonds is 6. The van der Waals surface area contributed by atoms with E-state index < -0.39 is 0 Å². The number of halogens is 1. The van der Waals surface area contributed by atoms with Crippen molar-refractivity contribution in [1.29, 1.82) is 0 Å². The van der Waals surface area contributed by atoms with Gasteiger partial charge in [-0.15, -0.1) is 12.4 Å². The summed E-state index contributed by atoms with van der Waals surface area (Å²) in [6.07, 6.45) is 5.72. The lowest BCUT2D eigenvalue weighted by molar-refractivity contribution is 0.574. The molecule has 0 aliphatic carbocycles. The molecule has 2 heterocycles. The molecular formula is C21H27ClN4. The summed E-state index contributed by atoms with van der Waals surface area (Å²) in [6.45, 7) is 7.41. The van der Waals surface area contributed by atoms with Crippen LogP contribution in [-0.2, 0) is 13.6 Å². The van der Waals surface area contributed by atoms with Crippen LogP contribution in [0.5, 0.6) is 0 Å². The minimum atomic E-state index is 0. The van der Waals surface area contributed by atoms with Gasteiger partial charge in [0.1, 0.15) is 0 Å². The largest absolute Gasteiger partial charge is 0.306 e. The molecule has 1 unspecified atom stereocenters. The fourth-order valence-electron chi connectivity index (χ4n) is 2.96. The van der Waals surface area contributed by atoms with Crippen LogP contribution in [-0.4, -0.2) is 14.8 Å². The van der Waals surface area contributed by atoms with E-state index in [9.17, 15) is 0 Å². The van der Waals surface area contributed by atoms with Crippen molar-refractivity contribution in [3.63, 3.8) is 0 Å². The first-order chi connectivity index (χ1) is 12.0. The monoisotopic (exact) mass is 370 g/mol. The Kier molecular flexibility index (Phi) is 6.95. The van der Waals surface area contributed by atoms with Gasteiger partial charge in [-0.25, -0.2) is 0 Å². The van der Waals surface area contributed by atoms with E-state index in [1.54, 1.807) is 6.20 Å². The normalized spacial score (nSPS) is 12.0. The smallest absolute Gasteiger partial charge is 0.0983 e. The summed E-state index contributed by atoms with van der Waals surface area (Å²) in [4.78, 5) is 4.21. The molecule has 1 aromatic carbocycles. The van der Waals surface area contributed by atoms with E-state index in [0.717, 1.165) is 17.8 Å². The van der Waals surface area contributed by atoms with Crippen LogP contribution in [0, 0.1) is 0 Å². The molecule has 0 bridgehead atoms. The summed E-state index contributed by atoms with van der Waals surface area (Å²) in [6, 6.07) is 13.2. The molecule has 0 saturated heterocycles. The van der Waals surface area contributed by atoms with Crippen LogP contribution in [0.4, 0.5) is 0 Å². The van der Waals surface area contributed by atoms with Gasteiger partial charge in [-0.3, -0.25) is 9.67 Å². The Hall–Kier alpha value is -2.17. The fourth-order valence-corrected chi connectivity index (χ4v) is 2.96. The van der Waals surface area contributed by atoms with Crippen molar-refractivity contribution in [3.05, 3.63) is 71.7 Å². The summed E-state index contributed by atoms with van der Waals surface area (Å²) in [5, 5.41) is 8.21. The lowest BCUT2D eigenvalue weighted by Crippen LogP contribution is -2.18. The van der Waals surface area contributed by atoms with Crippen molar-refractivity contribution < 1.29 is 0 Å². The van der Waals surface area contributed by atoms with Crippen molar-refractivity contribution in [3.8, 4) is 11.3 Å². The molecule has 0 radical (unpaired) electrons. The predicted molar refractivity (Wildman–Crippen MR) is 109 cm³/mol. The average molecular weight is 371 g/mol. The maximum Gasteiger partial charge on any atom is 0.0983 e. The molecule has 0 amide bonds. The third kappa shape index (κ3) is 4.71. The number of aromatic nitrogens is 3. The molecule has 0 fully saturated rings. The van der Waals surface area contributed by atoms with Crippen LogP contribution in [0.1, 0.15) is 49.4 Å². The Bertz CT molecular complexity index is 810. The molecule has 5 heteroatoms. The van der Waals surface area contributed by atoms with Gasteiger partial charge in [0.2, 0.25) is 0 Å². The molecule has 0 aliphatic rings. The third-order valence-electron chi connectivity index (χ3n) is 4.54. The van der Waals surface area contributed by atoms with Crippen LogP contribution in [0.15, 0.2) is 55.0 Å². The van der Waals surface area contributed by atoms with Gasteiger partial charge in [0, 0.05) is 49.4 Å². The minimum Gasteiger partial charge on any atom is -0.306 e. The van der Waals surface area contributed by atoms with Gasteiger partial charge >= 0.3 is 0 Å². The Morgan fingerprint density at radius 2 is 1.73 bits per heavy atom. The third-order valence-corrected chi connectivity index (χ3v) is 4.54. The number of pyridine rings is 1. The maximum absolute atomic E-state index is 4.60. The summed E-state index contributed by atoms with van der Waals surface area (Å²) >= 11 is 0. The second kappa shape index (κ2) is 8.97.